The smallest absolute Gasteiger partial charge is 0.378 e. The maximum Gasteiger partial charge on any atom is 0.416 e. The summed E-state index contributed by atoms with van der Waals surface area (Å²) in [6.45, 7) is 5.96. The van der Waals surface area contributed by atoms with Gasteiger partial charge in [-0.3, -0.25) is 9.59 Å². The normalized spacial score (nSPS) is 14.1. The second-order valence-electron chi connectivity index (χ2n) is 8.14. The van der Waals surface area contributed by atoms with Crippen LogP contribution in [-0.4, -0.2) is 52.8 Å². The van der Waals surface area contributed by atoms with Gasteiger partial charge >= 0.3 is 6.18 Å². The molecule has 1 aromatic carbocycles. The quantitative estimate of drug-likeness (QED) is 0.424. The molecule has 8 nitrogen and oxygen atoms in total. The van der Waals surface area contributed by atoms with Crippen molar-refractivity contribution in [2.24, 2.45) is 0 Å². The van der Waals surface area contributed by atoms with Gasteiger partial charge in [0.25, 0.3) is 11.7 Å². The Hall–Kier alpha value is -3.73. The number of amides is 1. The van der Waals surface area contributed by atoms with Gasteiger partial charge in [0.05, 0.1) is 41.4 Å². The lowest BCUT2D eigenvalue weighted by Gasteiger charge is -2.27. The molecule has 1 N–H and O–H groups in total. The van der Waals surface area contributed by atoms with E-state index >= 15 is 0 Å². The molecule has 0 aliphatic carbocycles. The van der Waals surface area contributed by atoms with Crippen LogP contribution >= 0.6 is 0 Å². The number of carbonyl (C=O) groups excluding carboxylic acids is 2. The third-order valence-electron chi connectivity index (χ3n) is 5.74. The molecule has 35 heavy (non-hydrogen) atoms. The molecule has 1 amide bonds. The van der Waals surface area contributed by atoms with Crippen LogP contribution in [0.15, 0.2) is 42.6 Å². The Balaban J connectivity index is 1.45. The number of hydrogen-bond donors (Lipinski definition) is 1. The van der Waals surface area contributed by atoms with Crippen molar-refractivity contribution in [1.82, 2.24) is 20.1 Å². The highest BCUT2D eigenvalue weighted by atomic mass is 19.4. The van der Waals surface area contributed by atoms with Crippen molar-refractivity contribution in [3.63, 3.8) is 0 Å². The van der Waals surface area contributed by atoms with Crippen molar-refractivity contribution in [2.45, 2.75) is 26.6 Å². The van der Waals surface area contributed by atoms with Crippen LogP contribution in [0.4, 0.5) is 19.0 Å². The molecule has 0 atom stereocenters. The number of halogens is 3. The Labute approximate surface area is 199 Å². The van der Waals surface area contributed by atoms with Crippen LogP contribution in [0.3, 0.4) is 0 Å². The second-order valence-corrected chi connectivity index (χ2v) is 8.14. The van der Waals surface area contributed by atoms with E-state index < -0.39 is 23.4 Å². The minimum Gasteiger partial charge on any atom is -0.378 e. The van der Waals surface area contributed by atoms with E-state index in [1.807, 2.05) is 12.1 Å². The Morgan fingerprint density at radius 3 is 2.51 bits per heavy atom. The topological polar surface area (TPSA) is 89.4 Å². The minimum atomic E-state index is -4.51. The molecular weight excluding hydrogens is 463 g/mol. The summed E-state index contributed by atoms with van der Waals surface area (Å²) >= 11 is 0. The lowest BCUT2D eigenvalue weighted by molar-refractivity contribution is -0.137. The van der Waals surface area contributed by atoms with E-state index in [4.69, 9.17) is 4.74 Å². The largest absolute Gasteiger partial charge is 0.416 e. The lowest BCUT2D eigenvalue weighted by Crippen LogP contribution is -2.36. The van der Waals surface area contributed by atoms with Crippen LogP contribution in [0, 0.1) is 13.8 Å². The predicted octanol–water partition coefficient (Wildman–Crippen LogP) is 3.24. The van der Waals surface area contributed by atoms with Crippen LogP contribution in [0.2, 0.25) is 0 Å². The molecule has 0 bridgehead atoms. The molecule has 4 rings (SSSR count). The average Bonchev–Trinajstić information content (AvgIpc) is 3.16. The number of morpholine rings is 1. The van der Waals surface area contributed by atoms with Gasteiger partial charge in [0.1, 0.15) is 5.82 Å². The fraction of sp³-hybridized carbons (Fsp3) is 0.333. The van der Waals surface area contributed by atoms with Gasteiger partial charge in [-0.05, 0) is 43.7 Å². The van der Waals surface area contributed by atoms with Crippen LogP contribution in [0.5, 0.6) is 0 Å². The number of nitrogens with one attached hydrogen (secondary N) is 1. The summed E-state index contributed by atoms with van der Waals surface area (Å²) in [5, 5.41) is 6.79. The number of Topliss-reactive ketones (excluding diaryl/α,β-unsaturated/α-hetero) is 1. The first kappa shape index (κ1) is 24.4. The van der Waals surface area contributed by atoms with E-state index in [9.17, 15) is 22.8 Å². The molecule has 0 spiro atoms. The molecule has 184 valence electrons. The Morgan fingerprint density at radius 2 is 1.86 bits per heavy atom. The predicted molar refractivity (Wildman–Crippen MR) is 121 cm³/mol. The molecule has 1 fully saturated rings. The summed E-state index contributed by atoms with van der Waals surface area (Å²) in [5.41, 5.74) is 0.611. The summed E-state index contributed by atoms with van der Waals surface area (Å²) in [4.78, 5) is 32.0. The Morgan fingerprint density at radius 1 is 1.11 bits per heavy atom. The number of anilines is 1. The SMILES string of the molecule is Cc1nn(-c2cccc(C(F)(F)F)c2)c(C)c1C(=O)C(=O)NCc1ccc(N2CCOCC2)nc1. The zero-order valence-electron chi connectivity index (χ0n) is 19.2. The Bertz CT molecular complexity index is 1230. The van der Waals surface area contributed by atoms with E-state index in [0.717, 1.165) is 36.6 Å². The molecule has 3 aromatic rings. The molecule has 2 aromatic heterocycles. The first-order valence-electron chi connectivity index (χ1n) is 11.0. The van der Waals surface area contributed by atoms with Crippen molar-refractivity contribution in [3.05, 3.63) is 70.7 Å². The zero-order chi connectivity index (χ0) is 25.2. The molecule has 3 heterocycles. The third kappa shape index (κ3) is 5.35. The van der Waals surface area contributed by atoms with Gasteiger partial charge in [0.2, 0.25) is 0 Å². The highest BCUT2D eigenvalue weighted by molar-refractivity contribution is 6.43. The van der Waals surface area contributed by atoms with Crippen molar-refractivity contribution in [2.75, 3.05) is 31.2 Å². The number of alkyl halides is 3. The zero-order valence-corrected chi connectivity index (χ0v) is 19.2. The number of aromatic nitrogens is 3. The number of hydrogen-bond acceptors (Lipinski definition) is 6. The molecule has 0 saturated carbocycles. The van der Waals surface area contributed by atoms with Gasteiger partial charge in [0, 0.05) is 25.8 Å². The molecule has 0 unspecified atom stereocenters. The standard InChI is InChI=1S/C24H24F3N5O3/c1-15-21(16(2)32(30-15)19-5-3-4-18(12-19)24(25,26)27)22(33)23(34)29-14-17-6-7-20(28-13-17)31-8-10-35-11-9-31/h3-7,12-13H,8-11,14H2,1-2H3,(H,29,34). The van der Waals surface area contributed by atoms with Crippen LogP contribution in [0.1, 0.15) is 32.9 Å². The van der Waals surface area contributed by atoms with Gasteiger partial charge in [-0.15, -0.1) is 0 Å². The molecule has 11 heteroatoms. The summed E-state index contributed by atoms with van der Waals surface area (Å²) in [6, 6.07) is 8.29. The molecule has 1 aliphatic rings. The second kappa shape index (κ2) is 9.87. The minimum absolute atomic E-state index is 0.0562. The summed E-state index contributed by atoms with van der Waals surface area (Å²) < 4.78 is 45.9. The van der Waals surface area contributed by atoms with Crippen molar-refractivity contribution in [1.29, 1.82) is 0 Å². The first-order valence-corrected chi connectivity index (χ1v) is 11.0. The van der Waals surface area contributed by atoms with Crippen molar-refractivity contribution in [3.8, 4) is 5.69 Å². The molecule has 1 saturated heterocycles. The van der Waals surface area contributed by atoms with Crippen LogP contribution in [-0.2, 0) is 22.3 Å². The number of nitrogens with zero attached hydrogens (tertiary/aromatic N) is 4. The number of benzene rings is 1. The van der Waals surface area contributed by atoms with Crippen LogP contribution in [0.25, 0.3) is 5.69 Å². The number of pyridine rings is 1. The summed E-state index contributed by atoms with van der Waals surface area (Å²) in [7, 11) is 0. The number of carbonyl (C=O) groups is 2. The van der Waals surface area contributed by atoms with Crippen LogP contribution < -0.4 is 10.2 Å². The lowest BCUT2D eigenvalue weighted by atomic mass is 10.1. The van der Waals surface area contributed by atoms with Gasteiger partial charge in [-0.25, -0.2) is 9.67 Å². The van der Waals surface area contributed by atoms with Gasteiger partial charge < -0.3 is 15.0 Å². The highest BCUT2D eigenvalue weighted by Crippen LogP contribution is 2.31. The van der Waals surface area contributed by atoms with Gasteiger partial charge in [-0.2, -0.15) is 18.3 Å². The fourth-order valence-corrected chi connectivity index (χ4v) is 3.91. The summed E-state index contributed by atoms with van der Waals surface area (Å²) in [5.74, 6) is -0.833. The maximum absolute atomic E-state index is 13.1. The molecular formula is C24H24F3N5O3. The molecule has 0 radical (unpaired) electrons. The number of rotatable bonds is 6. The number of aryl methyl sites for hydroxylation is 1. The van der Waals surface area contributed by atoms with Crippen molar-refractivity contribution < 1.29 is 27.5 Å². The van der Waals surface area contributed by atoms with Gasteiger partial charge in [0.15, 0.2) is 0 Å². The average molecular weight is 487 g/mol. The number of ketones is 1. The maximum atomic E-state index is 13.1. The van der Waals surface area contributed by atoms with E-state index in [1.54, 1.807) is 6.20 Å². The van der Waals surface area contributed by atoms with E-state index in [1.165, 1.54) is 30.7 Å². The third-order valence-corrected chi connectivity index (χ3v) is 5.74. The monoisotopic (exact) mass is 487 g/mol. The Kier molecular flexibility index (Phi) is 6.88. The summed E-state index contributed by atoms with van der Waals surface area (Å²) in [6.07, 6.45) is -2.88. The number of ether oxygens (including phenoxy) is 1. The van der Waals surface area contributed by atoms with E-state index in [-0.39, 0.29) is 29.2 Å². The fourth-order valence-electron chi connectivity index (χ4n) is 3.91. The van der Waals surface area contributed by atoms with Crippen molar-refractivity contribution >= 4 is 17.5 Å². The van der Waals surface area contributed by atoms with E-state index in [0.29, 0.717) is 13.2 Å². The van der Waals surface area contributed by atoms with E-state index in [2.05, 4.69) is 20.3 Å². The first-order chi connectivity index (χ1) is 16.6. The molecule has 1 aliphatic heterocycles. The van der Waals surface area contributed by atoms with Gasteiger partial charge in [-0.1, -0.05) is 12.1 Å². The highest BCUT2D eigenvalue weighted by Gasteiger charge is 2.31.